The molecule has 118 valence electrons. The van der Waals surface area contributed by atoms with Crippen LogP contribution in [0.3, 0.4) is 0 Å². The van der Waals surface area contributed by atoms with E-state index in [1.165, 1.54) is 12.1 Å². The predicted molar refractivity (Wildman–Crippen MR) is 83.7 cm³/mol. The van der Waals surface area contributed by atoms with Crippen molar-refractivity contribution < 1.29 is 13.2 Å². The van der Waals surface area contributed by atoms with Gasteiger partial charge in [-0.25, -0.2) is 13.6 Å². The molecule has 1 fully saturated rings. The topological polar surface area (TPSA) is 98.7 Å². The third-order valence-corrected chi connectivity index (χ3v) is 4.28. The van der Waals surface area contributed by atoms with E-state index in [4.69, 9.17) is 15.6 Å². The molecule has 0 aliphatic carbocycles. The molecule has 1 aliphatic heterocycles. The largest absolute Gasteiger partial charge is 0.397 e. The number of benzene rings is 1. The van der Waals surface area contributed by atoms with Gasteiger partial charge >= 0.3 is 0 Å². The van der Waals surface area contributed by atoms with Crippen molar-refractivity contribution in [3.05, 3.63) is 18.2 Å². The van der Waals surface area contributed by atoms with Crippen LogP contribution in [0.2, 0.25) is 0 Å². The number of rotatable bonds is 2. The monoisotopic (exact) mass is 313 g/mol. The maximum Gasteiger partial charge on any atom is 0.238 e. The Morgan fingerprint density at radius 2 is 1.67 bits per heavy atom. The molecule has 0 atom stereocenters. The van der Waals surface area contributed by atoms with E-state index < -0.39 is 10.0 Å². The molecule has 0 saturated carbocycles. The van der Waals surface area contributed by atoms with E-state index in [1.54, 1.807) is 6.07 Å². The quantitative estimate of drug-likeness (QED) is 0.802. The summed E-state index contributed by atoms with van der Waals surface area (Å²) in [6, 6.07) is 4.59. The minimum atomic E-state index is -3.74. The fourth-order valence-corrected chi connectivity index (χ4v) is 3.50. The lowest BCUT2D eigenvalue weighted by molar-refractivity contribution is -0.133. The zero-order chi connectivity index (χ0) is 16.1. The van der Waals surface area contributed by atoms with Crippen LogP contribution in [0.15, 0.2) is 23.1 Å². The number of nitrogen functional groups attached to an aromatic ring is 1. The summed E-state index contributed by atoms with van der Waals surface area (Å²) in [6.07, 6.45) is 0. The fraction of sp³-hybridized carbons (Fsp3) is 0.571. The van der Waals surface area contributed by atoms with Crippen molar-refractivity contribution in [1.82, 2.24) is 0 Å². The molecule has 1 aliphatic rings. The molecule has 4 N–H and O–H groups in total. The van der Waals surface area contributed by atoms with Crippen molar-refractivity contribution >= 4 is 21.4 Å². The first kappa shape index (κ1) is 16.1. The van der Waals surface area contributed by atoms with Crippen LogP contribution in [0, 0.1) is 0 Å². The summed E-state index contributed by atoms with van der Waals surface area (Å²) in [6.45, 7) is 9.45. The molecule has 7 heteroatoms. The number of sulfonamides is 1. The van der Waals surface area contributed by atoms with Gasteiger partial charge in [0, 0.05) is 13.1 Å². The molecule has 0 amide bonds. The van der Waals surface area contributed by atoms with Gasteiger partial charge in [0.05, 0.1) is 27.5 Å². The van der Waals surface area contributed by atoms with E-state index in [0.717, 1.165) is 5.69 Å². The lowest BCUT2D eigenvalue weighted by Crippen LogP contribution is -2.57. The van der Waals surface area contributed by atoms with E-state index in [-0.39, 0.29) is 16.1 Å². The smallest absolute Gasteiger partial charge is 0.238 e. The molecule has 6 nitrogen and oxygen atoms in total. The molecule has 0 aromatic heterocycles. The van der Waals surface area contributed by atoms with Crippen molar-refractivity contribution in [3.63, 3.8) is 0 Å². The van der Waals surface area contributed by atoms with Gasteiger partial charge in [0.2, 0.25) is 10.0 Å². The van der Waals surface area contributed by atoms with Crippen LogP contribution >= 0.6 is 0 Å². The van der Waals surface area contributed by atoms with Crippen LogP contribution in [-0.2, 0) is 14.8 Å². The molecule has 0 radical (unpaired) electrons. The van der Waals surface area contributed by atoms with Gasteiger partial charge < -0.3 is 15.4 Å². The van der Waals surface area contributed by atoms with Crippen LogP contribution in [0.4, 0.5) is 11.4 Å². The molecule has 2 rings (SSSR count). The van der Waals surface area contributed by atoms with Crippen molar-refractivity contribution in [2.24, 2.45) is 5.14 Å². The third kappa shape index (κ3) is 3.66. The summed E-state index contributed by atoms with van der Waals surface area (Å²) in [5.41, 5.74) is 6.59. The van der Waals surface area contributed by atoms with E-state index in [2.05, 4.69) is 4.90 Å². The van der Waals surface area contributed by atoms with E-state index in [1.807, 2.05) is 27.7 Å². The number of hydrogen-bond acceptors (Lipinski definition) is 5. The summed E-state index contributed by atoms with van der Waals surface area (Å²) < 4.78 is 28.8. The van der Waals surface area contributed by atoms with E-state index in [9.17, 15) is 8.42 Å². The first-order valence-corrected chi connectivity index (χ1v) is 8.32. The molecule has 1 heterocycles. The Kier molecular flexibility index (Phi) is 3.72. The van der Waals surface area contributed by atoms with E-state index >= 15 is 0 Å². The van der Waals surface area contributed by atoms with E-state index in [0.29, 0.717) is 18.8 Å². The van der Waals surface area contributed by atoms with Crippen LogP contribution < -0.4 is 15.8 Å². The summed E-state index contributed by atoms with van der Waals surface area (Å²) in [4.78, 5) is 2.14. The number of morpholine rings is 1. The van der Waals surface area contributed by atoms with Crippen LogP contribution in [0.5, 0.6) is 0 Å². The van der Waals surface area contributed by atoms with Crippen LogP contribution in [0.25, 0.3) is 0 Å². The van der Waals surface area contributed by atoms with Gasteiger partial charge in [-0.05, 0) is 45.9 Å². The number of hydrogen-bond donors (Lipinski definition) is 2. The molecular weight excluding hydrogens is 290 g/mol. The predicted octanol–water partition coefficient (Wildman–Crippen LogP) is 1.31. The number of nitrogens with two attached hydrogens (primary N) is 2. The minimum Gasteiger partial charge on any atom is -0.397 e. The van der Waals surface area contributed by atoms with Crippen molar-refractivity contribution in [2.75, 3.05) is 23.7 Å². The minimum absolute atomic E-state index is 0.0236. The molecule has 1 aromatic rings. The molecule has 21 heavy (non-hydrogen) atoms. The molecule has 0 spiro atoms. The average molecular weight is 313 g/mol. The standard InChI is InChI=1S/C14H23N3O3S/c1-13(2)8-17(9-14(3,4)20-13)12-6-5-10(7-11(12)15)21(16,18)19/h5-7H,8-9,15H2,1-4H3,(H2,16,18,19). The van der Waals surface area contributed by atoms with Gasteiger partial charge in [-0.3, -0.25) is 0 Å². The van der Waals surface area contributed by atoms with Crippen LogP contribution in [0.1, 0.15) is 27.7 Å². The summed E-state index contributed by atoms with van der Waals surface area (Å²) >= 11 is 0. The zero-order valence-electron chi connectivity index (χ0n) is 12.9. The normalized spacial score (nSPS) is 21.3. The highest BCUT2D eigenvalue weighted by atomic mass is 32.2. The van der Waals surface area contributed by atoms with Gasteiger partial charge in [0.15, 0.2) is 0 Å². The first-order valence-electron chi connectivity index (χ1n) is 6.77. The number of nitrogens with zero attached hydrogens (tertiary/aromatic N) is 1. The highest BCUT2D eigenvalue weighted by molar-refractivity contribution is 7.89. The molecule has 0 bridgehead atoms. The third-order valence-electron chi connectivity index (χ3n) is 3.36. The molecule has 1 saturated heterocycles. The Labute approximate surface area is 126 Å². The van der Waals surface area contributed by atoms with Crippen molar-refractivity contribution in [3.8, 4) is 0 Å². The van der Waals surface area contributed by atoms with Gasteiger partial charge in [0.1, 0.15) is 0 Å². The number of anilines is 2. The second-order valence-electron chi connectivity index (χ2n) is 6.74. The van der Waals surface area contributed by atoms with Gasteiger partial charge in [0.25, 0.3) is 0 Å². The molecule has 0 unspecified atom stereocenters. The van der Waals surface area contributed by atoms with Gasteiger partial charge in [-0.15, -0.1) is 0 Å². The summed E-state index contributed by atoms with van der Waals surface area (Å²) in [5.74, 6) is 0. The van der Waals surface area contributed by atoms with Crippen LogP contribution in [-0.4, -0.2) is 32.7 Å². The summed E-state index contributed by atoms with van der Waals surface area (Å²) in [5, 5.41) is 5.12. The first-order chi connectivity index (χ1) is 9.40. The number of primary sulfonamides is 1. The Morgan fingerprint density at radius 1 is 1.14 bits per heavy atom. The Bertz CT molecular complexity index is 637. The second kappa shape index (κ2) is 4.86. The molecule has 1 aromatic carbocycles. The molecular formula is C14H23N3O3S. The summed E-state index contributed by atoms with van der Waals surface area (Å²) in [7, 11) is -3.74. The average Bonchev–Trinajstić information content (AvgIpc) is 2.22. The second-order valence-corrected chi connectivity index (χ2v) is 8.30. The van der Waals surface area contributed by atoms with Gasteiger partial charge in [-0.2, -0.15) is 0 Å². The van der Waals surface area contributed by atoms with Gasteiger partial charge in [-0.1, -0.05) is 0 Å². The van der Waals surface area contributed by atoms with Crippen molar-refractivity contribution in [2.45, 2.75) is 43.8 Å². The lowest BCUT2D eigenvalue weighted by Gasteiger charge is -2.48. The number of ether oxygens (including phenoxy) is 1. The highest BCUT2D eigenvalue weighted by Crippen LogP contribution is 2.34. The zero-order valence-corrected chi connectivity index (χ0v) is 13.7. The Balaban J connectivity index is 2.38. The fourth-order valence-electron chi connectivity index (χ4n) is 2.96. The maximum absolute atomic E-state index is 11.4. The Hall–Kier alpha value is -1.31. The highest BCUT2D eigenvalue weighted by Gasteiger charge is 2.38. The van der Waals surface area contributed by atoms with Crippen molar-refractivity contribution in [1.29, 1.82) is 0 Å². The SMILES string of the molecule is CC1(C)CN(c2ccc(S(N)(=O)=O)cc2N)CC(C)(C)O1. The maximum atomic E-state index is 11.4. The lowest BCUT2D eigenvalue weighted by atomic mass is 9.98. The Morgan fingerprint density at radius 3 is 2.10 bits per heavy atom.